The van der Waals surface area contributed by atoms with Crippen molar-refractivity contribution in [3.8, 4) is 11.5 Å². The summed E-state index contributed by atoms with van der Waals surface area (Å²) < 4.78 is 11.5. The highest BCUT2D eigenvalue weighted by atomic mass is 79.9. The molecule has 0 unspecified atom stereocenters. The van der Waals surface area contributed by atoms with E-state index in [4.69, 9.17) is 9.47 Å². The number of hydrogen-bond donors (Lipinski definition) is 1. The molecule has 1 aliphatic heterocycles. The number of anilines is 1. The lowest BCUT2D eigenvalue weighted by atomic mass is 10.1. The Morgan fingerprint density at radius 1 is 1.10 bits per heavy atom. The van der Waals surface area contributed by atoms with Crippen molar-refractivity contribution in [2.45, 2.75) is 6.92 Å². The first kappa shape index (κ1) is 21.3. The normalized spacial score (nSPS) is 15.2. The lowest BCUT2D eigenvalue weighted by Crippen LogP contribution is -2.54. The van der Waals surface area contributed by atoms with Crippen LogP contribution in [-0.4, -0.2) is 31.1 Å². The van der Waals surface area contributed by atoms with Crippen LogP contribution in [0.1, 0.15) is 12.5 Å². The largest absolute Gasteiger partial charge is 0.494 e. The molecule has 0 bridgehead atoms. The summed E-state index contributed by atoms with van der Waals surface area (Å²) in [4.78, 5) is 38.5. The fourth-order valence-electron chi connectivity index (χ4n) is 2.79. The molecule has 8 heteroatoms. The molecular formula is C22H19BrN2O5. The Bertz CT molecular complexity index is 1030. The van der Waals surface area contributed by atoms with Crippen LogP contribution in [0.5, 0.6) is 11.5 Å². The van der Waals surface area contributed by atoms with Crippen molar-refractivity contribution < 1.29 is 23.9 Å². The summed E-state index contributed by atoms with van der Waals surface area (Å²) in [6.07, 6.45) is 3.05. The second-order valence-electron chi connectivity index (χ2n) is 6.17. The monoisotopic (exact) mass is 470 g/mol. The van der Waals surface area contributed by atoms with Gasteiger partial charge < -0.3 is 9.47 Å². The van der Waals surface area contributed by atoms with E-state index in [2.05, 4.69) is 27.8 Å². The van der Waals surface area contributed by atoms with Crippen LogP contribution in [0.25, 0.3) is 6.08 Å². The Balaban J connectivity index is 1.90. The van der Waals surface area contributed by atoms with Crippen molar-refractivity contribution in [2.75, 3.05) is 18.1 Å². The van der Waals surface area contributed by atoms with Crippen LogP contribution in [-0.2, 0) is 9.59 Å². The van der Waals surface area contributed by atoms with E-state index in [1.165, 1.54) is 6.08 Å². The van der Waals surface area contributed by atoms with Gasteiger partial charge in [-0.3, -0.25) is 14.9 Å². The van der Waals surface area contributed by atoms with Gasteiger partial charge in [0.05, 0.1) is 16.8 Å². The van der Waals surface area contributed by atoms with E-state index >= 15 is 0 Å². The Labute approximate surface area is 182 Å². The molecule has 0 spiro atoms. The Hall–Kier alpha value is -3.39. The smallest absolute Gasteiger partial charge is 0.335 e. The molecule has 30 heavy (non-hydrogen) atoms. The van der Waals surface area contributed by atoms with Gasteiger partial charge in [-0.2, -0.15) is 0 Å². The molecule has 3 rings (SSSR count). The number of barbiturate groups is 1. The van der Waals surface area contributed by atoms with Crippen LogP contribution in [0.4, 0.5) is 10.5 Å². The number of benzene rings is 2. The van der Waals surface area contributed by atoms with Crippen LogP contribution in [0, 0.1) is 0 Å². The minimum Gasteiger partial charge on any atom is -0.494 e. The summed E-state index contributed by atoms with van der Waals surface area (Å²) in [6, 6.07) is 10.8. The lowest BCUT2D eigenvalue weighted by Gasteiger charge is -2.26. The van der Waals surface area contributed by atoms with E-state index in [1.807, 2.05) is 6.92 Å². The molecule has 1 N–H and O–H groups in total. The highest BCUT2D eigenvalue weighted by molar-refractivity contribution is 9.10. The minimum absolute atomic E-state index is 0.157. The van der Waals surface area contributed by atoms with Gasteiger partial charge in [-0.1, -0.05) is 18.7 Å². The van der Waals surface area contributed by atoms with E-state index in [-0.39, 0.29) is 5.57 Å². The molecule has 1 fully saturated rings. The number of carbonyl (C=O) groups excluding carboxylic acids is 3. The average molecular weight is 471 g/mol. The first-order valence-corrected chi connectivity index (χ1v) is 9.91. The Morgan fingerprint density at radius 3 is 2.47 bits per heavy atom. The number of imide groups is 2. The number of urea groups is 1. The fraction of sp³-hybridized carbons (Fsp3) is 0.136. The summed E-state index contributed by atoms with van der Waals surface area (Å²) >= 11 is 3.40. The van der Waals surface area contributed by atoms with E-state index in [1.54, 1.807) is 48.5 Å². The molecule has 2 aromatic carbocycles. The molecule has 0 aromatic heterocycles. The molecule has 0 aliphatic carbocycles. The summed E-state index contributed by atoms with van der Waals surface area (Å²) in [7, 11) is 0. The van der Waals surface area contributed by atoms with Crippen molar-refractivity contribution in [1.82, 2.24) is 5.32 Å². The van der Waals surface area contributed by atoms with Gasteiger partial charge in [0, 0.05) is 0 Å². The molecule has 1 aliphatic rings. The Morgan fingerprint density at radius 2 is 1.83 bits per heavy atom. The summed E-state index contributed by atoms with van der Waals surface area (Å²) in [5, 5.41) is 2.20. The van der Waals surface area contributed by atoms with Gasteiger partial charge in [0.25, 0.3) is 11.8 Å². The highest BCUT2D eigenvalue weighted by Crippen LogP contribution is 2.28. The van der Waals surface area contributed by atoms with E-state index in [9.17, 15) is 14.4 Å². The van der Waals surface area contributed by atoms with Gasteiger partial charge in [-0.05, 0) is 70.9 Å². The van der Waals surface area contributed by atoms with Crippen LogP contribution >= 0.6 is 15.9 Å². The zero-order chi connectivity index (χ0) is 21.7. The molecule has 4 amide bonds. The van der Waals surface area contributed by atoms with Gasteiger partial charge >= 0.3 is 6.03 Å². The predicted octanol–water partition coefficient (Wildman–Crippen LogP) is 4.08. The third-order valence-electron chi connectivity index (χ3n) is 4.13. The molecule has 0 atom stereocenters. The predicted molar refractivity (Wildman–Crippen MR) is 116 cm³/mol. The first-order chi connectivity index (χ1) is 14.4. The second-order valence-corrected chi connectivity index (χ2v) is 7.03. The zero-order valence-electron chi connectivity index (χ0n) is 16.2. The van der Waals surface area contributed by atoms with Crippen molar-refractivity contribution in [1.29, 1.82) is 0 Å². The third-order valence-corrected chi connectivity index (χ3v) is 4.75. The standard InChI is InChI=1S/C22H19BrN2O5/c1-3-11-30-19-10-5-14(13-18(19)23)12-17-20(26)24-22(28)25(21(17)27)15-6-8-16(9-7-15)29-4-2/h3,5-10,12-13H,1,4,11H2,2H3,(H,24,26,28). The average Bonchev–Trinajstić information content (AvgIpc) is 2.72. The molecular weight excluding hydrogens is 452 g/mol. The number of ether oxygens (including phenoxy) is 2. The van der Waals surface area contributed by atoms with Crippen LogP contribution in [0.15, 0.2) is 65.2 Å². The number of amides is 4. The maximum Gasteiger partial charge on any atom is 0.335 e. The zero-order valence-corrected chi connectivity index (χ0v) is 17.8. The van der Waals surface area contributed by atoms with Crippen molar-refractivity contribution in [3.63, 3.8) is 0 Å². The molecule has 7 nitrogen and oxygen atoms in total. The molecule has 0 saturated carbocycles. The minimum atomic E-state index is -0.805. The van der Waals surface area contributed by atoms with E-state index in [0.29, 0.717) is 40.4 Å². The summed E-state index contributed by atoms with van der Waals surface area (Å²) in [5.74, 6) is -0.254. The molecule has 2 aromatic rings. The molecule has 1 heterocycles. The number of nitrogens with zero attached hydrogens (tertiary/aromatic N) is 1. The van der Waals surface area contributed by atoms with Crippen molar-refractivity contribution >= 4 is 45.5 Å². The van der Waals surface area contributed by atoms with E-state index < -0.39 is 17.8 Å². The number of carbonyl (C=O) groups is 3. The quantitative estimate of drug-likeness (QED) is 0.374. The van der Waals surface area contributed by atoms with Crippen LogP contribution < -0.4 is 19.7 Å². The van der Waals surface area contributed by atoms with Gasteiger partial charge in [-0.25, -0.2) is 9.69 Å². The summed E-state index contributed by atoms with van der Waals surface area (Å²) in [6.45, 7) is 6.30. The second kappa shape index (κ2) is 9.41. The maximum absolute atomic E-state index is 13.0. The van der Waals surface area contributed by atoms with Gasteiger partial charge in [-0.15, -0.1) is 0 Å². The van der Waals surface area contributed by atoms with Crippen LogP contribution in [0.2, 0.25) is 0 Å². The fourth-order valence-corrected chi connectivity index (χ4v) is 3.30. The number of rotatable bonds is 7. The Kier molecular flexibility index (Phi) is 6.68. The lowest BCUT2D eigenvalue weighted by molar-refractivity contribution is -0.122. The number of hydrogen-bond acceptors (Lipinski definition) is 5. The van der Waals surface area contributed by atoms with Gasteiger partial charge in [0.1, 0.15) is 23.7 Å². The maximum atomic E-state index is 13.0. The van der Waals surface area contributed by atoms with E-state index in [0.717, 1.165) is 4.90 Å². The van der Waals surface area contributed by atoms with Crippen molar-refractivity contribution in [3.05, 3.63) is 70.7 Å². The molecule has 154 valence electrons. The van der Waals surface area contributed by atoms with Crippen LogP contribution in [0.3, 0.4) is 0 Å². The highest BCUT2D eigenvalue weighted by Gasteiger charge is 2.36. The first-order valence-electron chi connectivity index (χ1n) is 9.12. The number of nitrogens with one attached hydrogen (secondary N) is 1. The summed E-state index contributed by atoms with van der Waals surface area (Å²) in [5.41, 5.74) is 0.760. The van der Waals surface area contributed by atoms with Crippen molar-refractivity contribution in [2.24, 2.45) is 0 Å². The van der Waals surface area contributed by atoms with Gasteiger partial charge in [0.15, 0.2) is 0 Å². The molecule has 1 saturated heterocycles. The third kappa shape index (κ3) is 4.60. The number of halogens is 1. The SMILES string of the molecule is C=CCOc1ccc(C=C2C(=O)NC(=O)N(c3ccc(OCC)cc3)C2=O)cc1Br. The topological polar surface area (TPSA) is 84.9 Å². The molecule has 0 radical (unpaired) electrons. The van der Waals surface area contributed by atoms with Gasteiger partial charge in [0.2, 0.25) is 0 Å².